The van der Waals surface area contributed by atoms with Gasteiger partial charge in [-0.1, -0.05) is 42.5 Å². The van der Waals surface area contributed by atoms with Crippen LogP contribution in [-0.4, -0.2) is 29.0 Å². The predicted molar refractivity (Wildman–Crippen MR) is 72.2 cm³/mol. The zero-order valence-electron chi connectivity index (χ0n) is 10.8. The molecular weight excluding hydrogens is 228 g/mol. The van der Waals surface area contributed by atoms with E-state index in [9.17, 15) is 5.11 Å². The van der Waals surface area contributed by atoms with Crippen LogP contribution in [0.4, 0.5) is 0 Å². The number of aliphatic hydroxyl groups is 2. The minimum atomic E-state index is -0.418. The third-order valence-electron chi connectivity index (χ3n) is 2.66. The summed E-state index contributed by atoms with van der Waals surface area (Å²) in [6.45, 7) is 2.55. The summed E-state index contributed by atoms with van der Waals surface area (Å²) < 4.78 is 5.67. The van der Waals surface area contributed by atoms with Crippen LogP contribution in [0.2, 0.25) is 0 Å². The van der Waals surface area contributed by atoms with Crippen LogP contribution in [-0.2, 0) is 11.3 Å². The minimum absolute atomic E-state index is 0.0164. The van der Waals surface area contributed by atoms with E-state index >= 15 is 0 Å². The molecule has 0 amide bonds. The number of hydrogen-bond donors (Lipinski definition) is 2. The van der Waals surface area contributed by atoms with Gasteiger partial charge in [-0.3, -0.25) is 0 Å². The number of benzene rings is 1. The summed E-state index contributed by atoms with van der Waals surface area (Å²) in [7, 11) is 0. The molecule has 0 aliphatic carbocycles. The molecule has 1 aromatic carbocycles. The minimum Gasteiger partial charge on any atom is -0.393 e. The van der Waals surface area contributed by atoms with Gasteiger partial charge in [-0.05, 0) is 25.3 Å². The van der Waals surface area contributed by atoms with Crippen LogP contribution < -0.4 is 0 Å². The van der Waals surface area contributed by atoms with Crippen molar-refractivity contribution in [2.45, 2.75) is 38.6 Å². The average Bonchev–Trinajstić information content (AvgIpc) is 2.38. The smallest absolute Gasteiger partial charge is 0.0720 e. The van der Waals surface area contributed by atoms with Crippen LogP contribution in [0.15, 0.2) is 42.5 Å². The van der Waals surface area contributed by atoms with Crippen LogP contribution in [0, 0.1) is 0 Å². The Kier molecular flexibility index (Phi) is 7.34. The molecule has 1 rings (SSSR count). The van der Waals surface area contributed by atoms with Gasteiger partial charge in [0.1, 0.15) is 0 Å². The first-order chi connectivity index (χ1) is 8.72. The molecule has 1 aromatic rings. The van der Waals surface area contributed by atoms with Crippen molar-refractivity contribution < 1.29 is 14.9 Å². The Labute approximate surface area is 109 Å². The van der Waals surface area contributed by atoms with Gasteiger partial charge in [0.2, 0.25) is 0 Å². The molecular formula is C15H22O3. The maximum absolute atomic E-state index is 9.73. The normalized spacial score (nSPS) is 14.8. The van der Waals surface area contributed by atoms with E-state index in [1.807, 2.05) is 37.3 Å². The van der Waals surface area contributed by atoms with Gasteiger partial charge in [-0.25, -0.2) is 0 Å². The quantitative estimate of drug-likeness (QED) is 0.696. The molecule has 18 heavy (non-hydrogen) atoms. The molecule has 2 N–H and O–H groups in total. The first-order valence-electron chi connectivity index (χ1n) is 6.31. The summed E-state index contributed by atoms with van der Waals surface area (Å²) >= 11 is 0. The van der Waals surface area contributed by atoms with Crippen LogP contribution in [0.1, 0.15) is 25.3 Å². The zero-order chi connectivity index (χ0) is 13.2. The van der Waals surface area contributed by atoms with Gasteiger partial charge in [-0.15, -0.1) is 0 Å². The van der Waals surface area contributed by atoms with Crippen molar-refractivity contribution in [1.82, 2.24) is 0 Å². The second-order valence-corrected chi connectivity index (χ2v) is 4.39. The first-order valence-corrected chi connectivity index (χ1v) is 6.31. The van der Waals surface area contributed by atoms with Gasteiger partial charge in [0.15, 0.2) is 0 Å². The molecule has 0 aromatic heterocycles. The van der Waals surface area contributed by atoms with E-state index in [4.69, 9.17) is 9.84 Å². The Morgan fingerprint density at radius 3 is 2.61 bits per heavy atom. The second kappa shape index (κ2) is 8.86. The largest absolute Gasteiger partial charge is 0.393 e. The lowest BCUT2D eigenvalue weighted by atomic mass is 10.1. The van der Waals surface area contributed by atoms with E-state index in [-0.39, 0.29) is 12.7 Å². The van der Waals surface area contributed by atoms with Crippen molar-refractivity contribution in [3.05, 3.63) is 48.0 Å². The van der Waals surface area contributed by atoms with E-state index in [2.05, 4.69) is 0 Å². The fourth-order valence-electron chi connectivity index (χ4n) is 1.69. The highest BCUT2D eigenvalue weighted by molar-refractivity contribution is 5.13. The highest BCUT2D eigenvalue weighted by Crippen LogP contribution is 2.09. The highest BCUT2D eigenvalue weighted by atomic mass is 16.5. The molecule has 0 heterocycles. The molecule has 3 nitrogen and oxygen atoms in total. The van der Waals surface area contributed by atoms with Crippen molar-refractivity contribution in [2.75, 3.05) is 6.61 Å². The average molecular weight is 250 g/mol. The standard InChI is InChI=1S/C15H22O3/c1-13(11-15(17)9-5-6-10-16)18-12-14-7-3-2-4-8-14/h2-8,13,15-17H,9-12H2,1H3/b6-5+/t13-,15-/m1/s1. The summed E-state index contributed by atoms with van der Waals surface area (Å²) in [4.78, 5) is 0. The molecule has 0 fully saturated rings. The lowest BCUT2D eigenvalue weighted by molar-refractivity contribution is 0.0156. The Morgan fingerprint density at radius 2 is 1.94 bits per heavy atom. The molecule has 0 saturated heterocycles. The summed E-state index contributed by atoms with van der Waals surface area (Å²) in [5, 5.41) is 18.3. The van der Waals surface area contributed by atoms with E-state index in [1.165, 1.54) is 0 Å². The summed E-state index contributed by atoms with van der Waals surface area (Å²) in [6, 6.07) is 9.99. The van der Waals surface area contributed by atoms with Gasteiger partial charge in [0.25, 0.3) is 0 Å². The summed E-state index contributed by atoms with van der Waals surface area (Å²) in [5.74, 6) is 0. The van der Waals surface area contributed by atoms with Crippen molar-refractivity contribution in [2.24, 2.45) is 0 Å². The maximum Gasteiger partial charge on any atom is 0.0720 e. The maximum atomic E-state index is 9.73. The lowest BCUT2D eigenvalue weighted by Crippen LogP contribution is -2.17. The molecule has 100 valence electrons. The third kappa shape index (κ3) is 6.55. The SMILES string of the molecule is C[C@H](C[C@H](O)C/C=C/CO)OCc1ccccc1. The van der Waals surface area contributed by atoms with Gasteiger partial charge in [0, 0.05) is 0 Å². The van der Waals surface area contributed by atoms with Crippen molar-refractivity contribution in [3.8, 4) is 0 Å². The molecule has 2 atom stereocenters. The van der Waals surface area contributed by atoms with E-state index in [0.29, 0.717) is 19.4 Å². The highest BCUT2D eigenvalue weighted by Gasteiger charge is 2.09. The molecule has 0 spiro atoms. The Morgan fingerprint density at radius 1 is 1.22 bits per heavy atom. The molecule has 0 saturated carbocycles. The number of ether oxygens (including phenoxy) is 1. The van der Waals surface area contributed by atoms with Crippen molar-refractivity contribution in [1.29, 1.82) is 0 Å². The predicted octanol–water partition coefficient (Wildman–Crippen LogP) is 2.28. The fourth-order valence-corrected chi connectivity index (χ4v) is 1.69. The van der Waals surface area contributed by atoms with Crippen molar-refractivity contribution in [3.63, 3.8) is 0 Å². The van der Waals surface area contributed by atoms with Crippen LogP contribution in [0.25, 0.3) is 0 Å². The van der Waals surface area contributed by atoms with Gasteiger partial charge in [-0.2, -0.15) is 0 Å². The second-order valence-electron chi connectivity index (χ2n) is 4.39. The van der Waals surface area contributed by atoms with Crippen LogP contribution >= 0.6 is 0 Å². The monoisotopic (exact) mass is 250 g/mol. The third-order valence-corrected chi connectivity index (χ3v) is 2.66. The van der Waals surface area contributed by atoms with Gasteiger partial charge in [0.05, 0.1) is 25.4 Å². The van der Waals surface area contributed by atoms with E-state index in [1.54, 1.807) is 12.2 Å². The Hall–Kier alpha value is -1.16. The first kappa shape index (κ1) is 14.9. The number of hydrogen-bond acceptors (Lipinski definition) is 3. The fraction of sp³-hybridized carbons (Fsp3) is 0.467. The number of aliphatic hydroxyl groups excluding tert-OH is 2. The van der Waals surface area contributed by atoms with Crippen LogP contribution in [0.5, 0.6) is 0 Å². The summed E-state index contributed by atoms with van der Waals surface area (Å²) in [6.07, 6.45) is 4.18. The molecule has 0 bridgehead atoms. The number of rotatable bonds is 8. The van der Waals surface area contributed by atoms with Gasteiger partial charge < -0.3 is 14.9 Å². The lowest BCUT2D eigenvalue weighted by Gasteiger charge is -2.16. The molecule has 0 aliphatic heterocycles. The molecule has 0 radical (unpaired) electrons. The van der Waals surface area contributed by atoms with Crippen molar-refractivity contribution >= 4 is 0 Å². The van der Waals surface area contributed by atoms with Crippen LogP contribution in [0.3, 0.4) is 0 Å². The molecule has 0 unspecified atom stereocenters. The topological polar surface area (TPSA) is 49.7 Å². The Bertz CT molecular complexity index is 335. The summed E-state index contributed by atoms with van der Waals surface area (Å²) in [5.41, 5.74) is 1.14. The zero-order valence-corrected chi connectivity index (χ0v) is 10.8. The van der Waals surface area contributed by atoms with E-state index in [0.717, 1.165) is 5.56 Å². The molecule has 3 heteroatoms. The van der Waals surface area contributed by atoms with Gasteiger partial charge >= 0.3 is 0 Å². The molecule has 0 aliphatic rings. The Balaban J connectivity index is 2.20. The van der Waals surface area contributed by atoms with E-state index < -0.39 is 6.10 Å².